The Bertz CT molecular complexity index is 1440. The molecule has 1 atom stereocenters. The van der Waals surface area contributed by atoms with Crippen LogP contribution in [0.2, 0.25) is 0 Å². The van der Waals surface area contributed by atoms with E-state index in [9.17, 15) is 17.6 Å². The zero-order chi connectivity index (χ0) is 24.6. The van der Waals surface area contributed by atoms with Gasteiger partial charge in [-0.15, -0.1) is 11.3 Å². The molecule has 182 valence electrons. The van der Waals surface area contributed by atoms with Gasteiger partial charge in [-0.3, -0.25) is 9.52 Å². The summed E-state index contributed by atoms with van der Waals surface area (Å²) >= 11 is 1.21. The van der Waals surface area contributed by atoms with Crippen molar-refractivity contribution in [3.05, 3.63) is 72.1 Å². The van der Waals surface area contributed by atoms with E-state index in [-0.39, 0.29) is 16.6 Å². The van der Waals surface area contributed by atoms with Crippen LogP contribution in [0.1, 0.15) is 13.0 Å². The number of rotatable bonds is 6. The minimum atomic E-state index is -3.70. The van der Waals surface area contributed by atoms with Gasteiger partial charge in [0.2, 0.25) is 5.91 Å². The first kappa shape index (κ1) is 23.3. The lowest BCUT2D eigenvalue weighted by Gasteiger charge is -2.37. The van der Waals surface area contributed by atoms with Crippen molar-refractivity contribution in [2.45, 2.75) is 17.9 Å². The summed E-state index contributed by atoms with van der Waals surface area (Å²) < 4.78 is 43.4. The number of benzene rings is 2. The average Bonchev–Trinajstić information content (AvgIpc) is 3.54. The molecule has 0 spiro atoms. The molecule has 11 heteroatoms. The number of hydrogen-bond donors (Lipinski definition) is 1. The molecular weight excluding hydrogens is 489 g/mol. The predicted octanol–water partition coefficient (Wildman–Crippen LogP) is 3.95. The maximum atomic E-state index is 14.0. The molecule has 1 fully saturated rings. The Morgan fingerprint density at radius 2 is 1.83 bits per heavy atom. The highest BCUT2D eigenvalue weighted by atomic mass is 32.2. The van der Waals surface area contributed by atoms with E-state index in [4.69, 9.17) is 0 Å². The normalized spacial score (nSPS) is 15.4. The SMILES string of the molecule is C[C@H](C(=O)N1CCN(c2ccc(S(=O)(=O)Nc3nccs3)cc2)CC1)n1ccc2c(F)cccc21. The van der Waals surface area contributed by atoms with Crippen LogP contribution in [0.3, 0.4) is 0 Å². The Hall–Kier alpha value is -3.44. The fraction of sp³-hybridized carbons (Fsp3) is 0.250. The summed E-state index contributed by atoms with van der Waals surface area (Å²) in [6, 6.07) is 12.8. The number of carbonyl (C=O) groups is 1. The van der Waals surface area contributed by atoms with Crippen LogP contribution in [0, 0.1) is 5.82 Å². The standard InChI is InChI=1S/C24H24FN5O3S2/c1-17(30-11-9-20-21(25)3-2-4-22(20)30)23(31)29-14-12-28(13-15-29)18-5-7-19(8-6-18)35(32,33)27-24-26-10-16-34-24/h2-11,16-17H,12-15H2,1H3,(H,26,27)/t17-/m1/s1. The highest BCUT2D eigenvalue weighted by Gasteiger charge is 2.27. The molecule has 35 heavy (non-hydrogen) atoms. The first-order valence-electron chi connectivity index (χ1n) is 11.1. The van der Waals surface area contributed by atoms with Gasteiger partial charge in [-0.1, -0.05) is 6.07 Å². The van der Waals surface area contributed by atoms with Gasteiger partial charge in [0.15, 0.2) is 5.13 Å². The predicted molar refractivity (Wildman–Crippen MR) is 135 cm³/mol. The molecule has 1 N–H and O–H groups in total. The zero-order valence-electron chi connectivity index (χ0n) is 19.0. The summed E-state index contributed by atoms with van der Waals surface area (Å²) in [5, 5.41) is 2.53. The van der Waals surface area contributed by atoms with E-state index in [1.807, 2.05) is 22.5 Å². The van der Waals surface area contributed by atoms with E-state index in [2.05, 4.69) is 14.6 Å². The van der Waals surface area contributed by atoms with Gasteiger partial charge < -0.3 is 14.4 Å². The number of fused-ring (bicyclic) bond motifs is 1. The van der Waals surface area contributed by atoms with E-state index < -0.39 is 16.1 Å². The summed E-state index contributed by atoms with van der Waals surface area (Å²) in [6.07, 6.45) is 3.29. The van der Waals surface area contributed by atoms with Gasteiger partial charge in [0, 0.05) is 55.0 Å². The van der Waals surface area contributed by atoms with Crippen molar-refractivity contribution < 1.29 is 17.6 Å². The number of thiazole rings is 1. The number of aromatic nitrogens is 2. The van der Waals surface area contributed by atoms with Crippen molar-refractivity contribution in [2.75, 3.05) is 35.8 Å². The fourth-order valence-corrected chi connectivity index (χ4v) is 6.13. The number of nitrogens with one attached hydrogen (secondary N) is 1. The monoisotopic (exact) mass is 513 g/mol. The van der Waals surface area contributed by atoms with Gasteiger partial charge in [0.1, 0.15) is 11.9 Å². The Kier molecular flexibility index (Phi) is 6.20. The molecule has 2 aromatic carbocycles. The Balaban J connectivity index is 1.22. The molecule has 5 rings (SSSR count). The summed E-state index contributed by atoms with van der Waals surface area (Å²) in [7, 11) is -3.70. The first-order chi connectivity index (χ1) is 16.8. The third-order valence-electron chi connectivity index (χ3n) is 6.24. The van der Waals surface area contributed by atoms with Crippen molar-refractivity contribution in [3.63, 3.8) is 0 Å². The summed E-state index contributed by atoms with van der Waals surface area (Å²) in [4.78, 5) is 21.2. The smallest absolute Gasteiger partial charge is 0.263 e. The van der Waals surface area contributed by atoms with Crippen molar-refractivity contribution in [3.8, 4) is 0 Å². The molecule has 0 bridgehead atoms. The molecule has 3 heterocycles. The summed E-state index contributed by atoms with van der Waals surface area (Å²) in [6.45, 7) is 4.18. The molecule has 1 amide bonds. The van der Waals surface area contributed by atoms with E-state index in [1.165, 1.54) is 23.6 Å². The molecule has 1 saturated heterocycles. The molecule has 0 radical (unpaired) electrons. The third kappa shape index (κ3) is 4.61. The molecule has 8 nitrogen and oxygen atoms in total. The molecule has 4 aromatic rings. The summed E-state index contributed by atoms with van der Waals surface area (Å²) in [5.74, 6) is -0.312. The Morgan fingerprint density at radius 3 is 2.51 bits per heavy atom. The molecule has 0 unspecified atom stereocenters. The minimum absolute atomic E-state index is 0.0129. The van der Waals surface area contributed by atoms with E-state index >= 15 is 0 Å². The molecule has 2 aromatic heterocycles. The quantitative estimate of drug-likeness (QED) is 0.422. The number of nitrogens with zero attached hydrogens (tertiary/aromatic N) is 4. The van der Waals surface area contributed by atoms with Crippen LogP contribution < -0.4 is 9.62 Å². The number of sulfonamides is 1. The van der Waals surface area contributed by atoms with Crippen molar-refractivity contribution in [2.24, 2.45) is 0 Å². The van der Waals surface area contributed by atoms with Crippen molar-refractivity contribution in [1.82, 2.24) is 14.5 Å². The van der Waals surface area contributed by atoms with E-state index in [0.29, 0.717) is 42.2 Å². The molecule has 1 aliphatic heterocycles. The lowest BCUT2D eigenvalue weighted by molar-refractivity contribution is -0.134. The molecule has 0 saturated carbocycles. The largest absolute Gasteiger partial charge is 0.368 e. The topological polar surface area (TPSA) is 87.5 Å². The van der Waals surface area contributed by atoms with Gasteiger partial charge in [0.05, 0.1) is 10.4 Å². The lowest BCUT2D eigenvalue weighted by Crippen LogP contribution is -2.50. The van der Waals surface area contributed by atoms with Crippen LogP contribution in [0.4, 0.5) is 15.2 Å². The van der Waals surface area contributed by atoms with Crippen LogP contribution in [-0.4, -0.2) is 55.0 Å². The minimum Gasteiger partial charge on any atom is -0.368 e. The third-order valence-corrected chi connectivity index (χ3v) is 8.41. The molecule has 1 aliphatic rings. The molecular formula is C24H24FN5O3S2. The number of amides is 1. The second-order valence-corrected chi connectivity index (χ2v) is 10.9. The van der Waals surface area contributed by atoms with Gasteiger partial charge in [-0.25, -0.2) is 17.8 Å². The van der Waals surface area contributed by atoms with Crippen LogP contribution in [0.25, 0.3) is 10.9 Å². The average molecular weight is 514 g/mol. The molecule has 0 aliphatic carbocycles. The number of carbonyl (C=O) groups excluding carboxylic acids is 1. The highest BCUT2D eigenvalue weighted by molar-refractivity contribution is 7.93. The number of hydrogen-bond acceptors (Lipinski definition) is 6. The van der Waals surface area contributed by atoms with Crippen molar-refractivity contribution in [1.29, 1.82) is 0 Å². The lowest BCUT2D eigenvalue weighted by atomic mass is 10.2. The maximum absolute atomic E-state index is 14.0. The highest BCUT2D eigenvalue weighted by Crippen LogP contribution is 2.25. The summed E-state index contributed by atoms with van der Waals surface area (Å²) in [5.41, 5.74) is 1.59. The number of halogens is 1. The van der Waals surface area contributed by atoms with E-state index in [1.54, 1.807) is 48.0 Å². The number of piperazine rings is 1. The second-order valence-electron chi connectivity index (χ2n) is 8.32. The van der Waals surface area contributed by atoms with Crippen LogP contribution in [0.5, 0.6) is 0 Å². The van der Waals surface area contributed by atoms with Gasteiger partial charge in [0.25, 0.3) is 10.0 Å². The van der Waals surface area contributed by atoms with Crippen LogP contribution in [0.15, 0.2) is 71.2 Å². The zero-order valence-corrected chi connectivity index (χ0v) is 20.6. The second kappa shape index (κ2) is 9.31. The fourth-order valence-electron chi connectivity index (χ4n) is 4.34. The maximum Gasteiger partial charge on any atom is 0.263 e. The first-order valence-corrected chi connectivity index (χ1v) is 13.5. The van der Waals surface area contributed by atoms with Crippen LogP contribution >= 0.6 is 11.3 Å². The Labute approximate surface area is 206 Å². The Morgan fingerprint density at radius 1 is 1.09 bits per heavy atom. The van der Waals surface area contributed by atoms with Crippen molar-refractivity contribution >= 4 is 49.0 Å². The van der Waals surface area contributed by atoms with Gasteiger partial charge in [-0.05, 0) is 49.4 Å². The van der Waals surface area contributed by atoms with Gasteiger partial charge >= 0.3 is 0 Å². The van der Waals surface area contributed by atoms with Gasteiger partial charge in [-0.2, -0.15) is 0 Å². The number of anilines is 2. The van der Waals surface area contributed by atoms with E-state index in [0.717, 1.165) is 5.69 Å². The van der Waals surface area contributed by atoms with Crippen LogP contribution in [-0.2, 0) is 14.8 Å².